The van der Waals surface area contributed by atoms with Crippen LogP contribution in [-0.4, -0.2) is 65.4 Å². The normalized spacial score (nSPS) is 16.5. The summed E-state index contributed by atoms with van der Waals surface area (Å²) in [6.45, 7) is 8.43. The number of amides is 1. The van der Waals surface area contributed by atoms with E-state index in [0.29, 0.717) is 17.4 Å². The number of likely N-dealkylation sites (N-methyl/N-ethyl adjacent to an activating group) is 1. The van der Waals surface area contributed by atoms with E-state index in [-0.39, 0.29) is 5.91 Å². The highest BCUT2D eigenvalue weighted by Gasteiger charge is 2.21. The number of aromatic nitrogens is 2. The molecule has 1 aromatic heterocycles. The number of nitrogens with one attached hydrogen (secondary N) is 1. The summed E-state index contributed by atoms with van der Waals surface area (Å²) in [5.74, 6) is 1.24. The number of rotatable bonds is 4. The largest absolute Gasteiger partial charge is 0.370 e. The summed E-state index contributed by atoms with van der Waals surface area (Å²) in [4.78, 5) is 24.7. The summed E-state index contributed by atoms with van der Waals surface area (Å²) in [6.07, 6.45) is 1.45. The van der Waals surface area contributed by atoms with Gasteiger partial charge in [0.2, 0.25) is 0 Å². The van der Waals surface area contributed by atoms with E-state index in [1.807, 2.05) is 4.90 Å². The molecule has 6 nitrogen and oxygen atoms in total. The molecule has 110 valence electrons. The Hall–Kier alpha value is -1.69. The van der Waals surface area contributed by atoms with Gasteiger partial charge in [-0.1, -0.05) is 13.8 Å². The molecular weight excluding hydrogens is 254 g/mol. The summed E-state index contributed by atoms with van der Waals surface area (Å²) in [6, 6.07) is 1.74. The molecule has 0 radical (unpaired) electrons. The van der Waals surface area contributed by atoms with Gasteiger partial charge in [-0.05, 0) is 13.0 Å². The number of anilines is 1. The molecule has 20 heavy (non-hydrogen) atoms. The molecule has 0 spiro atoms. The fourth-order valence-corrected chi connectivity index (χ4v) is 2.05. The Morgan fingerprint density at radius 3 is 2.65 bits per heavy atom. The zero-order valence-electron chi connectivity index (χ0n) is 12.5. The van der Waals surface area contributed by atoms with Gasteiger partial charge < -0.3 is 15.1 Å². The minimum Gasteiger partial charge on any atom is -0.370 e. The van der Waals surface area contributed by atoms with Crippen LogP contribution >= 0.6 is 0 Å². The molecule has 1 aliphatic heterocycles. The second-order valence-electron chi connectivity index (χ2n) is 5.66. The SMILES string of the molecule is CC(C)CNc1cc(C(=O)N2CCN(C)CC2)ncn1. The van der Waals surface area contributed by atoms with Crippen LogP contribution in [0.4, 0.5) is 5.82 Å². The Kier molecular flexibility index (Phi) is 4.89. The zero-order chi connectivity index (χ0) is 14.5. The van der Waals surface area contributed by atoms with Crippen molar-refractivity contribution < 1.29 is 4.79 Å². The number of hydrogen-bond acceptors (Lipinski definition) is 5. The third-order valence-electron chi connectivity index (χ3n) is 3.37. The third-order valence-corrected chi connectivity index (χ3v) is 3.37. The van der Waals surface area contributed by atoms with Crippen molar-refractivity contribution in [3.05, 3.63) is 18.1 Å². The zero-order valence-corrected chi connectivity index (χ0v) is 12.5. The molecular formula is C14H23N5O. The van der Waals surface area contributed by atoms with E-state index in [0.717, 1.165) is 32.7 Å². The monoisotopic (exact) mass is 277 g/mol. The van der Waals surface area contributed by atoms with Crippen molar-refractivity contribution in [2.24, 2.45) is 5.92 Å². The second-order valence-corrected chi connectivity index (χ2v) is 5.66. The Morgan fingerprint density at radius 2 is 2.00 bits per heavy atom. The fraction of sp³-hybridized carbons (Fsp3) is 0.643. The van der Waals surface area contributed by atoms with Gasteiger partial charge in [-0.25, -0.2) is 9.97 Å². The van der Waals surface area contributed by atoms with E-state index in [4.69, 9.17) is 0 Å². The van der Waals surface area contributed by atoms with E-state index in [2.05, 4.69) is 41.1 Å². The van der Waals surface area contributed by atoms with Crippen molar-refractivity contribution in [2.75, 3.05) is 45.1 Å². The van der Waals surface area contributed by atoms with Crippen LogP contribution in [0.2, 0.25) is 0 Å². The standard InChI is InChI=1S/C14H23N5O/c1-11(2)9-15-13-8-12(16-10-17-13)14(20)19-6-4-18(3)5-7-19/h8,10-11H,4-7,9H2,1-3H3,(H,15,16,17). The summed E-state index contributed by atoms with van der Waals surface area (Å²) in [5, 5.41) is 3.22. The predicted octanol–water partition coefficient (Wildman–Crippen LogP) is 0.932. The van der Waals surface area contributed by atoms with Crippen LogP contribution in [0.15, 0.2) is 12.4 Å². The van der Waals surface area contributed by atoms with Crippen LogP contribution in [0.3, 0.4) is 0 Å². The molecule has 0 saturated carbocycles. The molecule has 1 saturated heterocycles. The first-order valence-corrected chi connectivity index (χ1v) is 7.10. The summed E-state index contributed by atoms with van der Waals surface area (Å²) in [7, 11) is 2.07. The molecule has 0 unspecified atom stereocenters. The average molecular weight is 277 g/mol. The first-order valence-electron chi connectivity index (χ1n) is 7.10. The number of nitrogens with zero attached hydrogens (tertiary/aromatic N) is 4. The summed E-state index contributed by atoms with van der Waals surface area (Å²) < 4.78 is 0. The van der Waals surface area contributed by atoms with Gasteiger partial charge in [0, 0.05) is 38.8 Å². The van der Waals surface area contributed by atoms with Gasteiger partial charge in [0.15, 0.2) is 0 Å². The molecule has 0 aromatic carbocycles. The lowest BCUT2D eigenvalue weighted by atomic mass is 10.2. The maximum Gasteiger partial charge on any atom is 0.272 e. The van der Waals surface area contributed by atoms with Gasteiger partial charge in [-0.3, -0.25) is 4.79 Å². The Morgan fingerprint density at radius 1 is 1.30 bits per heavy atom. The topological polar surface area (TPSA) is 61.4 Å². The number of piperazine rings is 1. The molecule has 1 amide bonds. The molecule has 0 bridgehead atoms. The van der Waals surface area contributed by atoms with E-state index >= 15 is 0 Å². The van der Waals surface area contributed by atoms with Gasteiger partial charge in [-0.15, -0.1) is 0 Å². The Bertz CT molecular complexity index is 455. The fourth-order valence-electron chi connectivity index (χ4n) is 2.05. The van der Waals surface area contributed by atoms with Crippen LogP contribution in [0.5, 0.6) is 0 Å². The van der Waals surface area contributed by atoms with Crippen LogP contribution < -0.4 is 5.32 Å². The molecule has 1 aliphatic rings. The van der Waals surface area contributed by atoms with Gasteiger partial charge in [0.05, 0.1) is 0 Å². The van der Waals surface area contributed by atoms with Crippen LogP contribution in [-0.2, 0) is 0 Å². The van der Waals surface area contributed by atoms with Crippen molar-refractivity contribution >= 4 is 11.7 Å². The van der Waals surface area contributed by atoms with Gasteiger partial charge in [0.1, 0.15) is 17.8 Å². The summed E-state index contributed by atoms with van der Waals surface area (Å²) >= 11 is 0. The molecule has 2 heterocycles. The highest BCUT2D eigenvalue weighted by Crippen LogP contribution is 2.09. The number of carbonyl (C=O) groups is 1. The quantitative estimate of drug-likeness (QED) is 0.887. The molecule has 1 aromatic rings. The smallest absolute Gasteiger partial charge is 0.272 e. The molecule has 0 aliphatic carbocycles. The third kappa shape index (κ3) is 3.90. The van der Waals surface area contributed by atoms with Crippen LogP contribution in [0.25, 0.3) is 0 Å². The van der Waals surface area contributed by atoms with Crippen molar-refractivity contribution in [2.45, 2.75) is 13.8 Å². The molecule has 1 fully saturated rings. The van der Waals surface area contributed by atoms with Crippen LogP contribution in [0, 0.1) is 5.92 Å². The van der Waals surface area contributed by atoms with Crippen molar-refractivity contribution in [3.8, 4) is 0 Å². The van der Waals surface area contributed by atoms with E-state index in [1.165, 1.54) is 6.33 Å². The van der Waals surface area contributed by atoms with Crippen molar-refractivity contribution in [1.82, 2.24) is 19.8 Å². The van der Waals surface area contributed by atoms with Gasteiger partial charge in [-0.2, -0.15) is 0 Å². The maximum atomic E-state index is 12.4. The molecule has 6 heteroatoms. The Labute approximate surface area is 120 Å². The summed E-state index contributed by atoms with van der Waals surface area (Å²) in [5.41, 5.74) is 0.468. The van der Waals surface area contributed by atoms with E-state index in [9.17, 15) is 4.79 Å². The van der Waals surface area contributed by atoms with Crippen LogP contribution in [0.1, 0.15) is 24.3 Å². The number of hydrogen-bond donors (Lipinski definition) is 1. The van der Waals surface area contributed by atoms with E-state index < -0.39 is 0 Å². The minimum absolute atomic E-state index is 0.00639. The predicted molar refractivity (Wildman–Crippen MR) is 78.8 cm³/mol. The first kappa shape index (κ1) is 14.7. The average Bonchev–Trinajstić information content (AvgIpc) is 2.45. The van der Waals surface area contributed by atoms with Crippen molar-refractivity contribution in [3.63, 3.8) is 0 Å². The second kappa shape index (κ2) is 6.65. The van der Waals surface area contributed by atoms with Gasteiger partial charge in [0.25, 0.3) is 5.91 Å². The lowest BCUT2D eigenvalue weighted by Gasteiger charge is -2.32. The maximum absolute atomic E-state index is 12.4. The number of carbonyl (C=O) groups excluding carboxylic acids is 1. The van der Waals surface area contributed by atoms with E-state index in [1.54, 1.807) is 6.07 Å². The lowest BCUT2D eigenvalue weighted by Crippen LogP contribution is -2.47. The van der Waals surface area contributed by atoms with Gasteiger partial charge >= 0.3 is 0 Å². The lowest BCUT2D eigenvalue weighted by molar-refractivity contribution is 0.0658. The Balaban J connectivity index is 2.00. The highest BCUT2D eigenvalue weighted by molar-refractivity contribution is 5.93. The highest BCUT2D eigenvalue weighted by atomic mass is 16.2. The molecule has 0 atom stereocenters. The minimum atomic E-state index is -0.00639. The van der Waals surface area contributed by atoms with Crippen molar-refractivity contribution in [1.29, 1.82) is 0 Å². The molecule has 2 rings (SSSR count). The first-order chi connectivity index (χ1) is 9.56. The molecule has 1 N–H and O–H groups in total.